The summed E-state index contributed by atoms with van der Waals surface area (Å²) in [5, 5.41) is 8.85. The second kappa shape index (κ2) is 6.43. The summed E-state index contributed by atoms with van der Waals surface area (Å²) in [4.78, 5) is 11.2. The van der Waals surface area contributed by atoms with Crippen molar-refractivity contribution in [1.29, 1.82) is 0 Å². The Morgan fingerprint density at radius 2 is 2.00 bits per heavy atom. The van der Waals surface area contributed by atoms with Gasteiger partial charge in [-0.1, -0.05) is 27.7 Å². The van der Waals surface area contributed by atoms with Crippen molar-refractivity contribution < 1.29 is 18.3 Å². The van der Waals surface area contributed by atoms with Gasteiger partial charge in [0.05, 0.1) is 5.37 Å². The normalized spacial score (nSPS) is 25.4. The average Bonchev–Trinajstić information content (AvgIpc) is 2.71. The highest BCUT2D eigenvalue weighted by molar-refractivity contribution is 8.01. The van der Waals surface area contributed by atoms with Gasteiger partial charge in [-0.15, -0.1) is 11.8 Å². The van der Waals surface area contributed by atoms with Gasteiger partial charge in [0, 0.05) is 12.3 Å². The number of nitrogens with zero attached hydrogens (tertiary/aromatic N) is 1. The molecule has 1 saturated heterocycles. The molecule has 0 aromatic rings. The molecule has 0 amide bonds. The summed E-state index contributed by atoms with van der Waals surface area (Å²) in [6.07, 6.45) is 0. The van der Waals surface area contributed by atoms with E-state index in [-0.39, 0.29) is 17.2 Å². The molecule has 1 heterocycles. The van der Waals surface area contributed by atoms with Gasteiger partial charge in [0.1, 0.15) is 6.04 Å². The van der Waals surface area contributed by atoms with E-state index in [0.29, 0.717) is 12.3 Å². The molecule has 1 fully saturated rings. The zero-order valence-corrected chi connectivity index (χ0v) is 13.3. The van der Waals surface area contributed by atoms with Gasteiger partial charge in [0.2, 0.25) is 0 Å². The Morgan fingerprint density at radius 1 is 1.42 bits per heavy atom. The summed E-state index contributed by atoms with van der Waals surface area (Å²) >= 11 is 1.38. The van der Waals surface area contributed by atoms with Crippen LogP contribution >= 0.6 is 11.8 Å². The van der Waals surface area contributed by atoms with Gasteiger partial charge in [-0.05, 0) is 11.8 Å². The summed E-state index contributed by atoms with van der Waals surface area (Å²) in [5.41, 5.74) is 0. The van der Waals surface area contributed by atoms with Crippen molar-refractivity contribution in [3.05, 3.63) is 0 Å². The highest BCUT2D eigenvalue weighted by atomic mass is 32.2. The van der Waals surface area contributed by atoms with Crippen molar-refractivity contribution in [2.75, 3.05) is 12.3 Å². The maximum absolute atomic E-state index is 12.3. The van der Waals surface area contributed by atoms with Crippen LogP contribution in [0.4, 0.5) is 0 Å². The molecule has 0 bridgehead atoms. The number of thioether (sulfide) groups is 1. The van der Waals surface area contributed by atoms with Crippen LogP contribution in [0, 0.1) is 11.8 Å². The molecule has 2 atom stereocenters. The van der Waals surface area contributed by atoms with Gasteiger partial charge in [0.25, 0.3) is 10.2 Å². The van der Waals surface area contributed by atoms with Crippen LogP contribution in [-0.2, 0) is 15.0 Å². The Labute approximate surface area is 119 Å². The van der Waals surface area contributed by atoms with Crippen LogP contribution in [0.3, 0.4) is 0 Å². The molecule has 0 aromatic carbocycles. The molecule has 1 aliphatic heterocycles. The molecule has 2 N–H and O–H groups in total. The van der Waals surface area contributed by atoms with Gasteiger partial charge < -0.3 is 5.11 Å². The molecule has 8 heteroatoms. The molecule has 0 aromatic heterocycles. The number of hydrogen-bond acceptors (Lipinski definition) is 4. The van der Waals surface area contributed by atoms with E-state index in [9.17, 15) is 18.3 Å². The maximum atomic E-state index is 12.3. The predicted octanol–water partition coefficient (Wildman–Crippen LogP) is 0.961. The third-order valence-corrected chi connectivity index (χ3v) is 6.11. The molecular weight excluding hydrogens is 288 g/mol. The Morgan fingerprint density at radius 3 is 2.42 bits per heavy atom. The monoisotopic (exact) mass is 310 g/mol. The van der Waals surface area contributed by atoms with E-state index in [0.717, 1.165) is 4.31 Å². The van der Waals surface area contributed by atoms with Crippen molar-refractivity contribution in [3.8, 4) is 0 Å². The van der Waals surface area contributed by atoms with Crippen LogP contribution < -0.4 is 4.72 Å². The lowest BCUT2D eigenvalue weighted by Gasteiger charge is -2.29. The summed E-state index contributed by atoms with van der Waals surface area (Å²) in [5.74, 6) is -0.567. The molecule has 0 saturated carbocycles. The smallest absolute Gasteiger partial charge is 0.322 e. The fourth-order valence-electron chi connectivity index (χ4n) is 1.83. The van der Waals surface area contributed by atoms with Gasteiger partial charge in [-0.2, -0.15) is 12.7 Å². The topological polar surface area (TPSA) is 86.7 Å². The number of carboxylic acid groups (broad SMARTS) is 1. The first-order chi connectivity index (χ1) is 8.66. The van der Waals surface area contributed by atoms with Crippen molar-refractivity contribution in [2.24, 2.45) is 11.8 Å². The molecule has 1 rings (SSSR count). The maximum Gasteiger partial charge on any atom is 0.322 e. The van der Waals surface area contributed by atoms with Gasteiger partial charge in [0.15, 0.2) is 0 Å². The third kappa shape index (κ3) is 4.08. The number of hydrogen-bond donors (Lipinski definition) is 2. The number of carbonyl (C=O) groups is 1. The van der Waals surface area contributed by atoms with Crippen molar-refractivity contribution in [2.45, 2.75) is 39.1 Å². The minimum absolute atomic E-state index is 0.0602. The zero-order valence-electron chi connectivity index (χ0n) is 11.7. The second-order valence-electron chi connectivity index (χ2n) is 5.40. The Bertz CT molecular complexity index is 422. The largest absolute Gasteiger partial charge is 0.480 e. The fourth-order valence-corrected chi connectivity index (χ4v) is 5.52. The predicted molar refractivity (Wildman–Crippen MR) is 76.1 cm³/mol. The van der Waals surface area contributed by atoms with Crippen LogP contribution in [0.1, 0.15) is 27.7 Å². The van der Waals surface area contributed by atoms with Gasteiger partial charge in [-0.3, -0.25) is 4.79 Å². The SMILES string of the molecule is CC(C)CNS(=O)(=O)N1C(C(=O)O)CSC1C(C)C. The molecule has 0 aliphatic carbocycles. The summed E-state index contributed by atoms with van der Waals surface area (Å²) in [6, 6.07) is -0.984. The van der Waals surface area contributed by atoms with E-state index in [1.165, 1.54) is 11.8 Å². The average molecular weight is 310 g/mol. The second-order valence-corrected chi connectivity index (χ2v) is 8.21. The molecule has 1 aliphatic rings. The van der Waals surface area contributed by atoms with Crippen molar-refractivity contribution in [3.63, 3.8) is 0 Å². The number of aliphatic carboxylic acids is 1. The van der Waals surface area contributed by atoms with E-state index < -0.39 is 22.2 Å². The van der Waals surface area contributed by atoms with Crippen LogP contribution in [-0.4, -0.2) is 47.5 Å². The highest BCUT2D eigenvalue weighted by Crippen LogP contribution is 2.35. The van der Waals surface area contributed by atoms with E-state index in [1.54, 1.807) is 0 Å². The van der Waals surface area contributed by atoms with Crippen LogP contribution in [0.2, 0.25) is 0 Å². The standard InChI is InChI=1S/C11H22N2O4S2/c1-7(2)5-12-19(16,17)13-9(11(14)15)6-18-10(13)8(3)4/h7-10,12H,5-6H2,1-4H3,(H,14,15). The molecule has 2 unspecified atom stereocenters. The van der Waals surface area contributed by atoms with Gasteiger partial charge in [-0.25, -0.2) is 4.72 Å². The van der Waals surface area contributed by atoms with E-state index >= 15 is 0 Å². The lowest BCUT2D eigenvalue weighted by Crippen LogP contribution is -2.52. The zero-order chi connectivity index (χ0) is 14.8. The van der Waals surface area contributed by atoms with Gasteiger partial charge >= 0.3 is 5.97 Å². The fraction of sp³-hybridized carbons (Fsp3) is 0.909. The first kappa shape index (κ1) is 16.7. The Kier molecular flexibility index (Phi) is 5.66. The van der Waals surface area contributed by atoms with Crippen LogP contribution in [0.5, 0.6) is 0 Å². The van der Waals surface area contributed by atoms with E-state index in [2.05, 4.69) is 4.72 Å². The first-order valence-corrected chi connectivity index (χ1v) is 8.78. The van der Waals surface area contributed by atoms with Crippen LogP contribution in [0.15, 0.2) is 0 Å². The molecule has 0 spiro atoms. The lowest BCUT2D eigenvalue weighted by atomic mass is 10.2. The van der Waals surface area contributed by atoms with E-state index in [4.69, 9.17) is 0 Å². The molecule has 19 heavy (non-hydrogen) atoms. The molecule has 0 radical (unpaired) electrons. The molecular formula is C11H22N2O4S2. The third-order valence-electron chi connectivity index (χ3n) is 2.79. The summed E-state index contributed by atoms with van der Waals surface area (Å²) in [7, 11) is -3.76. The number of nitrogens with one attached hydrogen (secondary N) is 1. The van der Waals surface area contributed by atoms with Crippen LogP contribution in [0.25, 0.3) is 0 Å². The number of carboxylic acids is 1. The van der Waals surface area contributed by atoms with Crippen molar-refractivity contribution in [1.82, 2.24) is 9.03 Å². The van der Waals surface area contributed by atoms with Crippen molar-refractivity contribution >= 4 is 27.9 Å². The number of rotatable bonds is 6. The lowest BCUT2D eigenvalue weighted by molar-refractivity contribution is -0.140. The van der Waals surface area contributed by atoms with E-state index in [1.807, 2.05) is 27.7 Å². The Balaban J connectivity index is 2.98. The Hall–Kier alpha value is -0.310. The minimum atomic E-state index is -3.76. The summed E-state index contributed by atoms with van der Waals surface area (Å²) in [6.45, 7) is 7.89. The first-order valence-electron chi connectivity index (χ1n) is 6.29. The highest BCUT2D eigenvalue weighted by Gasteiger charge is 2.46. The molecule has 6 nitrogen and oxygen atoms in total. The molecule has 112 valence electrons. The quantitative estimate of drug-likeness (QED) is 0.763. The minimum Gasteiger partial charge on any atom is -0.480 e. The summed E-state index contributed by atoms with van der Waals surface area (Å²) < 4.78 is 28.2.